The number of nitrogens with zero attached hydrogens (tertiary/aromatic N) is 1. The Hall–Kier alpha value is -1.84. The highest BCUT2D eigenvalue weighted by Gasteiger charge is 2.09. The third-order valence-electron chi connectivity index (χ3n) is 3.36. The Morgan fingerprint density at radius 3 is 2.55 bits per heavy atom. The molecule has 0 fully saturated rings. The van der Waals surface area contributed by atoms with Gasteiger partial charge in [0, 0.05) is 34.2 Å². The SMILES string of the molecule is OCc1cn(Cc2ccc(Cl)cc2)c2ccc(F)cc12. The number of aliphatic hydroxyl groups excluding tert-OH is 1. The lowest BCUT2D eigenvalue weighted by molar-refractivity contribution is 0.283. The van der Waals surface area contributed by atoms with Gasteiger partial charge in [-0.25, -0.2) is 4.39 Å². The summed E-state index contributed by atoms with van der Waals surface area (Å²) in [6, 6.07) is 12.2. The molecule has 0 unspecified atom stereocenters. The number of rotatable bonds is 3. The molecule has 0 aliphatic heterocycles. The standard InChI is InChI=1S/C16H13ClFNO/c17-13-3-1-11(2-4-13)8-19-9-12(10-20)15-7-14(18)5-6-16(15)19/h1-7,9,20H,8,10H2. The first-order valence-corrected chi connectivity index (χ1v) is 6.68. The summed E-state index contributed by atoms with van der Waals surface area (Å²) in [5, 5.41) is 10.8. The summed E-state index contributed by atoms with van der Waals surface area (Å²) in [5.74, 6) is -0.295. The number of aromatic nitrogens is 1. The lowest BCUT2D eigenvalue weighted by Gasteiger charge is -2.05. The number of fused-ring (bicyclic) bond motifs is 1. The van der Waals surface area contributed by atoms with Gasteiger partial charge in [-0.05, 0) is 35.9 Å². The van der Waals surface area contributed by atoms with Crippen LogP contribution in [-0.2, 0) is 13.2 Å². The van der Waals surface area contributed by atoms with Crippen molar-refractivity contribution in [2.45, 2.75) is 13.2 Å². The van der Waals surface area contributed by atoms with Gasteiger partial charge in [0.1, 0.15) is 5.82 Å². The summed E-state index contributed by atoms with van der Waals surface area (Å²) >= 11 is 5.87. The van der Waals surface area contributed by atoms with E-state index in [1.54, 1.807) is 6.07 Å². The van der Waals surface area contributed by atoms with Crippen molar-refractivity contribution in [2.24, 2.45) is 0 Å². The minimum absolute atomic E-state index is 0.104. The maximum Gasteiger partial charge on any atom is 0.123 e. The molecule has 0 amide bonds. The first kappa shape index (κ1) is 13.2. The summed E-state index contributed by atoms with van der Waals surface area (Å²) in [6.45, 7) is 0.548. The van der Waals surface area contributed by atoms with Crippen LogP contribution in [0.4, 0.5) is 4.39 Å². The largest absolute Gasteiger partial charge is 0.392 e. The van der Waals surface area contributed by atoms with Crippen molar-refractivity contribution in [3.05, 3.63) is 70.6 Å². The highest BCUT2D eigenvalue weighted by Crippen LogP contribution is 2.24. The second-order valence-corrected chi connectivity index (χ2v) is 5.16. The van der Waals surface area contributed by atoms with E-state index in [1.807, 2.05) is 35.0 Å². The zero-order valence-corrected chi connectivity index (χ0v) is 11.4. The molecule has 0 aliphatic rings. The topological polar surface area (TPSA) is 25.2 Å². The van der Waals surface area contributed by atoms with E-state index in [0.717, 1.165) is 22.0 Å². The van der Waals surface area contributed by atoms with Gasteiger partial charge in [-0.15, -0.1) is 0 Å². The molecule has 0 spiro atoms. The van der Waals surface area contributed by atoms with Crippen molar-refractivity contribution in [1.29, 1.82) is 0 Å². The Kier molecular flexibility index (Phi) is 3.47. The molecule has 0 atom stereocenters. The molecule has 0 aliphatic carbocycles. The average Bonchev–Trinajstić information content (AvgIpc) is 2.78. The van der Waals surface area contributed by atoms with E-state index in [0.29, 0.717) is 11.6 Å². The Bertz CT molecular complexity index is 749. The molecule has 1 heterocycles. The van der Waals surface area contributed by atoms with Crippen LogP contribution in [-0.4, -0.2) is 9.67 Å². The molecule has 1 aromatic heterocycles. The normalized spacial score (nSPS) is 11.2. The number of hydrogen-bond donors (Lipinski definition) is 1. The quantitative estimate of drug-likeness (QED) is 0.775. The molecule has 0 bridgehead atoms. The molecule has 0 saturated carbocycles. The fraction of sp³-hybridized carbons (Fsp3) is 0.125. The maximum absolute atomic E-state index is 13.3. The zero-order valence-electron chi connectivity index (χ0n) is 10.7. The van der Waals surface area contributed by atoms with Crippen molar-refractivity contribution < 1.29 is 9.50 Å². The van der Waals surface area contributed by atoms with Crippen molar-refractivity contribution in [3.8, 4) is 0 Å². The minimum atomic E-state index is -0.295. The van der Waals surface area contributed by atoms with E-state index in [4.69, 9.17) is 11.6 Å². The highest BCUT2D eigenvalue weighted by molar-refractivity contribution is 6.30. The van der Waals surface area contributed by atoms with Crippen molar-refractivity contribution in [1.82, 2.24) is 4.57 Å². The predicted octanol–water partition coefficient (Wildman–Crippen LogP) is 3.97. The second kappa shape index (κ2) is 5.27. The highest BCUT2D eigenvalue weighted by atomic mass is 35.5. The number of aliphatic hydroxyl groups is 1. The Morgan fingerprint density at radius 2 is 1.85 bits per heavy atom. The summed E-state index contributed by atoms with van der Waals surface area (Å²) in [5.41, 5.74) is 2.74. The molecule has 1 N–H and O–H groups in total. The third-order valence-corrected chi connectivity index (χ3v) is 3.61. The summed E-state index contributed by atoms with van der Waals surface area (Å²) in [4.78, 5) is 0. The van der Waals surface area contributed by atoms with Gasteiger partial charge in [0.25, 0.3) is 0 Å². The lowest BCUT2D eigenvalue weighted by Crippen LogP contribution is -1.97. The third kappa shape index (κ3) is 2.42. The lowest BCUT2D eigenvalue weighted by atomic mass is 10.2. The van der Waals surface area contributed by atoms with E-state index >= 15 is 0 Å². The molecule has 4 heteroatoms. The van der Waals surface area contributed by atoms with Crippen LogP contribution in [0.5, 0.6) is 0 Å². The van der Waals surface area contributed by atoms with Gasteiger partial charge >= 0.3 is 0 Å². The van der Waals surface area contributed by atoms with Crippen molar-refractivity contribution >= 4 is 22.5 Å². The smallest absolute Gasteiger partial charge is 0.123 e. The van der Waals surface area contributed by atoms with Crippen LogP contribution in [0.25, 0.3) is 10.9 Å². The van der Waals surface area contributed by atoms with Crippen LogP contribution >= 0.6 is 11.6 Å². The van der Waals surface area contributed by atoms with Gasteiger partial charge in [0.15, 0.2) is 0 Å². The van der Waals surface area contributed by atoms with Crippen LogP contribution < -0.4 is 0 Å². The van der Waals surface area contributed by atoms with Crippen molar-refractivity contribution in [2.75, 3.05) is 0 Å². The molecular formula is C16H13ClFNO. The molecule has 0 radical (unpaired) electrons. The molecule has 3 rings (SSSR count). The van der Waals surface area contributed by atoms with E-state index in [2.05, 4.69) is 0 Å². The first-order valence-electron chi connectivity index (χ1n) is 6.30. The Balaban J connectivity index is 2.05. The first-order chi connectivity index (χ1) is 9.67. The van der Waals surface area contributed by atoms with Crippen LogP contribution in [0, 0.1) is 5.82 Å². The van der Waals surface area contributed by atoms with Gasteiger partial charge in [0.2, 0.25) is 0 Å². The van der Waals surface area contributed by atoms with E-state index in [-0.39, 0.29) is 12.4 Å². The average molecular weight is 290 g/mol. The summed E-state index contributed by atoms with van der Waals surface area (Å²) in [7, 11) is 0. The molecule has 20 heavy (non-hydrogen) atoms. The van der Waals surface area contributed by atoms with E-state index in [1.165, 1.54) is 12.1 Å². The van der Waals surface area contributed by atoms with Crippen LogP contribution in [0.15, 0.2) is 48.7 Å². The van der Waals surface area contributed by atoms with E-state index in [9.17, 15) is 9.50 Å². The molecule has 0 saturated heterocycles. The minimum Gasteiger partial charge on any atom is -0.392 e. The van der Waals surface area contributed by atoms with Crippen molar-refractivity contribution in [3.63, 3.8) is 0 Å². The summed E-state index contributed by atoms with van der Waals surface area (Å²) < 4.78 is 15.3. The monoisotopic (exact) mass is 289 g/mol. The fourth-order valence-corrected chi connectivity index (χ4v) is 2.51. The predicted molar refractivity (Wildman–Crippen MR) is 78.4 cm³/mol. The van der Waals surface area contributed by atoms with Crippen LogP contribution in [0.3, 0.4) is 0 Å². The molecule has 2 nitrogen and oxygen atoms in total. The van der Waals surface area contributed by atoms with E-state index < -0.39 is 0 Å². The van der Waals surface area contributed by atoms with Gasteiger partial charge in [-0.3, -0.25) is 0 Å². The fourth-order valence-electron chi connectivity index (χ4n) is 2.39. The molecule has 102 valence electrons. The maximum atomic E-state index is 13.3. The molecular weight excluding hydrogens is 277 g/mol. The second-order valence-electron chi connectivity index (χ2n) is 4.73. The van der Waals surface area contributed by atoms with Gasteiger partial charge in [-0.1, -0.05) is 23.7 Å². The Labute approximate surface area is 121 Å². The molecule has 3 aromatic rings. The number of halogens is 2. The molecule has 2 aromatic carbocycles. The van der Waals surface area contributed by atoms with Gasteiger partial charge in [-0.2, -0.15) is 0 Å². The summed E-state index contributed by atoms with van der Waals surface area (Å²) in [6.07, 6.45) is 1.86. The van der Waals surface area contributed by atoms with Crippen LogP contribution in [0.1, 0.15) is 11.1 Å². The zero-order chi connectivity index (χ0) is 14.1. The van der Waals surface area contributed by atoms with Gasteiger partial charge in [0.05, 0.1) is 6.61 Å². The number of benzene rings is 2. The Morgan fingerprint density at radius 1 is 1.10 bits per heavy atom. The number of hydrogen-bond acceptors (Lipinski definition) is 1. The van der Waals surface area contributed by atoms with Crippen LogP contribution in [0.2, 0.25) is 5.02 Å². The van der Waals surface area contributed by atoms with Gasteiger partial charge < -0.3 is 9.67 Å².